The Hall–Kier alpha value is -2.92. The molecular formula is C22H25N3O2. The summed E-state index contributed by atoms with van der Waals surface area (Å²) < 4.78 is 4.84. The van der Waals surface area contributed by atoms with E-state index in [0.29, 0.717) is 0 Å². The minimum Gasteiger partial charge on any atom is -0.375 e. The monoisotopic (exact) mass is 363 g/mol. The van der Waals surface area contributed by atoms with Crippen molar-refractivity contribution >= 4 is 11.6 Å². The van der Waals surface area contributed by atoms with Gasteiger partial charge >= 0.3 is 0 Å². The van der Waals surface area contributed by atoms with E-state index in [2.05, 4.69) is 59.5 Å². The lowest BCUT2D eigenvalue weighted by Crippen LogP contribution is -2.17. The third-order valence-electron chi connectivity index (χ3n) is 4.87. The number of nitrogens with zero attached hydrogens (tertiary/aromatic N) is 1. The van der Waals surface area contributed by atoms with Crippen LogP contribution < -0.4 is 5.32 Å². The molecule has 0 spiro atoms. The van der Waals surface area contributed by atoms with Crippen molar-refractivity contribution in [1.29, 1.82) is 0 Å². The normalized spacial score (nSPS) is 12.0. The van der Waals surface area contributed by atoms with Crippen LogP contribution in [0.2, 0.25) is 0 Å². The van der Waals surface area contributed by atoms with Crippen molar-refractivity contribution in [2.24, 2.45) is 0 Å². The molecule has 0 aliphatic heterocycles. The Bertz CT molecular complexity index is 886. The third-order valence-corrected chi connectivity index (χ3v) is 4.87. The quantitative estimate of drug-likeness (QED) is 0.667. The lowest BCUT2D eigenvalue weighted by molar-refractivity contribution is -0.119. The first-order valence-corrected chi connectivity index (χ1v) is 9.00. The molecule has 0 fully saturated rings. The van der Waals surface area contributed by atoms with E-state index in [-0.39, 0.29) is 18.4 Å². The number of methoxy groups -OCH3 is 1. The highest BCUT2D eigenvalue weighted by molar-refractivity contribution is 5.91. The topological polar surface area (TPSA) is 67.0 Å². The molecule has 140 valence electrons. The van der Waals surface area contributed by atoms with Gasteiger partial charge in [-0.15, -0.1) is 0 Å². The second kappa shape index (κ2) is 8.64. The summed E-state index contributed by atoms with van der Waals surface area (Å²) in [6.07, 6.45) is 4.46. The largest absolute Gasteiger partial charge is 0.375 e. The fourth-order valence-electron chi connectivity index (χ4n) is 3.28. The Balaban J connectivity index is 1.83. The maximum absolute atomic E-state index is 11.6. The van der Waals surface area contributed by atoms with E-state index < -0.39 is 0 Å². The van der Waals surface area contributed by atoms with Crippen molar-refractivity contribution in [3.8, 4) is 0 Å². The van der Waals surface area contributed by atoms with E-state index in [4.69, 9.17) is 4.74 Å². The van der Waals surface area contributed by atoms with Crippen LogP contribution in [-0.2, 0) is 16.0 Å². The van der Waals surface area contributed by atoms with Crippen molar-refractivity contribution < 1.29 is 9.53 Å². The summed E-state index contributed by atoms with van der Waals surface area (Å²) in [7, 11) is 1.51. The van der Waals surface area contributed by atoms with Crippen molar-refractivity contribution in [3.05, 3.63) is 82.9 Å². The van der Waals surface area contributed by atoms with Gasteiger partial charge in [0.15, 0.2) is 0 Å². The van der Waals surface area contributed by atoms with Crippen LogP contribution in [0.4, 0.5) is 5.69 Å². The van der Waals surface area contributed by atoms with Gasteiger partial charge in [-0.3, -0.25) is 4.79 Å². The molecule has 2 N–H and O–H groups in total. The van der Waals surface area contributed by atoms with Gasteiger partial charge in [-0.2, -0.15) is 0 Å². The number of rotatable bonds is 7. The number of benzene rings is 2. The minimum absolute atomic E-state index is 0.0519. The van der Waals surface area contributed by atoms with Crippen LogP contribution in [0.15, 0.2) is 55.0 Å². The Labute approximate surface area is 159 Å². The number of carbonyl (C=O) groups excluding carboxylic acids is 1. The van der Waals surface area contributed by atoms with Gasteiger partial charge in [0.25, 0.3) is 0 Å². The molecule has 27 heavy (non-hydrogen) atoms. The molecule has 0 radical (unpaired) electrons. The van der Waals surface area contributed by atoms with Gasteiger partial charge in [-0.05, 0) is 54.7 Å². The molecule has 1 heterocycles. The van der Waals surface area contributed by atoms with Crippen molar-refractivity contribution in [1.82, 2.24) is 9.97 Å². The number of aromatic nitrogens is 2. The molecular weight excluding hydrogens is 338 g/mol. The lowest BCUT2D eigenvalue weighted by Gasteiger charge is -2.20. The molecule has 1 atom stereocenters. The Kier molecular flexibility index (Phi) is 6.04. The summed E-state index contributed by atoms with van der Waals surface area (Å²) in [6.45, 7) is 4.36. The maximum Gasteiger partial charge on any atom is 0.250 e. The first kappa shape index (κ1) is 18.9. The number of aryl methyl sites for hydroxylation is 1. The van der Waals surface area contributed by atoms with Gasteiger partial charge in [0.2, 0.25) is 5.91 Å². The SMILES string of the molecule is COCC(=O)Nc1ccc(CC(c2cnc[nH]2)c2cccc(C)c2C)cc1. The number of H-pyrrole nitrogens is 1. The summed E-state index contributed by atoms with van der Waals surface area (Å²) >= 11 is 0. The van der Waals surface area contributed by atoms with Crippen LogP contribution in [0, 0.1) is 13.8 Å². The second-order valence-electron chi connectivity index (χ2n) is 6.73. The number of anilines is 1. The average Bonchev–Trinajstić information content (AvgIpc) is 3.18. The number of aromatic amines is 1. The van der Waals surface area contributed by atoms with Crippen LogP contribution >= 0.6 is 0 Å². The summed E-state index contributed by atoms with van der Waals surface area (Å²) in [5.41, 5.74) is 6.96. The first-order valence-electron chi connectivity index (χ1n) is 9.00. The van der Waals surface area contributed by atoms with E-state index in [9.17, 15) is 4.79 Å². The van der Waals surface area contributed by atoms with E-state index in [1.54, 1.807) is 6.33 Å². The Morgan fingerprint density at radius 2 is 1.96 bits per heavy atom. The van der Waals surface area contributed by atoms with Crippen LogP contribution in [0.5, 0.6) is 0 Å². The summed E-state index contributed by atoms with van der Waals surface area (Å²) in [6, 6.07) is 14.4. The van der Waals surface area contributed by atoms with Gasteiger partial charge in [0.1, 0.15) is 6.61 Å². The fourth-order valence-corrected chi connectivity index (χ4v) is 3.28. The van der Waals surface area contributed by atoms with Gasteiger partial charge in [-0.25, -0.2) is 4.98 Å². The predicted octanol–water partition coefficient (Wildman–Crippen LogP) is 3.99. The van der Waals surface area contributed by atoms with Gasteiger partial charge in [-0.1, -0.05) is 30.3 Å². The van der Waals surface area contributed by atoms with Gasteiger partial charge < -0.3 is 15.0 Å². The smallest absolute Gasteiger partial charge is 0.250 e. The number of amides is 1. The molecule has 1 aromatic heterocycles. The summed E-state index contributed by atoms with van der Waals surface area (Å²) in [5, 5.41) is 2.82. The second-order valence-corrected chi connectivity index (χ2v) is 6.73. The maximum atomic E-state index is 11.6. The molecule has 0 saturated heterocycles. The number of ether oxygens (including phenoxy) is 1. The number of hydrogen-bond acceptors (Lipinski definition) is 3. The number of hydrogen-bond donors (Lipinski definition) is 2. The zero-order valence-corrected chi connectivity index (χ0v) is 16.0. The molecule has 1 amide bonds. The molecule has 1 unspecified atom stereocenters. The summed E-state index contributed by atoms with van der Waals surface area (Å²) in [5.74, 6) is 0.0392. The molecule has 0 aliphatic rings. The molecule has 3 rings (SSSR count). The van der Waals surface area contributed by atoms with Crippen molar-refractivity contribution in [2.45, 2.75) is 26.2 Å². The molecule has 3 aromatic rings. The van der Waals surface area contributed by atoms with Crippen LogP contribution in [0.1, 0.15) is 33.9 Å². The average molecular weight is 363 g/mol. The molecule has 5 nitrogen and oxygen atoms in total. The highest BCUT2D eigenvalue weighted by Gasteiger charge is 2.19. The predicted molar refractivity (Wildman–Crippen MR) is 107 cm³/mol. The van der Waals surface area contributed by atoms with Crippen molar-refractivity contribution in [2.75, 3.05) is 19.0 Å². The van der Waals surface area contributed by atoms with Gasteiger partial charge in [0.05, 0.1) is 6.33 Å². The molecule has 0 bridgehead atoms. The molecule has 5 heteroatoms. The van der Waals surface area contributed by atoms with Gasteiger partial charge in [0, 0.05) is 30.6 Å². The van der Waals surface area contributed by atoms with E-state index in [1.807, 2.05) is 18.3 Å². The number of nitrogens with one attached hydrogen (secondary N) is 2. The zero-order chi connectivity index (χ0) is 19.2. The van der Waals surface area contributed by atoms with E-state index in [0.717, 1.165) is 17.8 Å². The van der Waals surface area contributed by atoms with Crippen molar-refractivity contribution in [3.63, 3.8) is 0 Å². The summed E-state index contributed by atoms with van der Waals surface area (Å²) in [4.78, 5) is 19.1. The Morgan fingerprint density at radius 1 is 1.19 bits per heavy atom. The van der Waals surface area contributed by atoms with Crippen LogP contribution in [0.25, 0.3) is 0 Å². The number of imidazole rings is 1. The third kappa shape index (κ3) is 4.63. The first-order chi connectivity index (χ1) is 13.1. The molecule has 0 saturated carbocycles. The minimum atomic E-state index is -0.157. The Morgan fingerprint density at radius 3 is 2.63 bits per heavy atom. The van der Waals surface area contributed by atoms with Crippen LogP contribution in [-0.4, -0.2) is 29.6 Å². The highest BCUT2D eigenvalue weighted by Crippen LogP contribution is 2.31. The van der Waals surface area contributed by atoms with E-state index >= 15 is 0 Å². The lowest BCUT2D eigenvalue weighted by atomic mass is 9.85. The van der Waals surface area contributed by atoms with Crippen LogP contribution in [0.3, 0.4) is 0 Å². The standard InChI is InChI=1S/C22H25N3O2/c1-15-5-4-6-19(16(15)2)20(21-12-23-14-24-21)11-17-7-9-18(10-8-17)25-22(26)13-27-3/h4-10,12,14,20H,11,13H2,1-3H3,(H,23,24)(H,25,26). The highest BCUT2D eigenvalue weighted by atomic mass is 16.5. The molecule has 2 aromatic carbocycles. The fraction of sp³-hybridized carbons (Fsp3) is 0.273. The van der Waals surface area contributed by atoms with E-state index in [1.165, 1.54) is 29.4 Å². The number of carbonyl (C=O) groups is 1. The zero-order valence-electron chi connectivity index (χ0n) is 16.0. The molecule has 0 aliphatic carbocycles.